The summed E-state index contributed by atoms with van der Waals surface area (Å²) in [5.41, 5.74) is 5.99. The van der Waals surface area contributed by atoms with Gasteiger partial charge < -0.3 is 0 Å². The van der Waals surface area contributed by atoms with Crippen LogP contribution in [0.2, 0.25) is 0 Å². The Hall–Kier alpha value is -0.780. The minimum Gasteiger partial charge on any atom is -0.0625 e. The van der Waals surface area contributed by atoms with Gasteiger partial charge in [0.15, 0.2) is 0 Å². The van der Waals surface area contributed by atoms with Gasteiger partial charge in [-0.1, -0.05) is 39.8 Å². The smallest absolute Gasteiger partial charge is 0.0253 e. The molecule has 0 fully saturated rings. The first-order valence-corrected chi connectivity index (χ1v) is 6.49. The molecule has 0 N–H and O–H groups in total. The molecule has 0 aliphatic carbocycles. The van der Waals surface area contributed by atoms with Gasteiger partial charge in [0.05, 0.1) is 0 Å². The van der Waals surface area contributed by atoms with Gasteiger partial charge in [0.2, 0.25) is 0 Å². The quantitative estimate of drug-likeness (QED) is 0.687. The summed E-state index contributed by atoms with van der Waals surface area (Å²) >= 11 is 0. The molecule has 1 rings (SSSR count). The van der Waals surface area contributed by atoms with Crippen molar-refractivity contribution in [3.05, 3.63) is 34.4 Å². The van der Waals surface area contributed by atoms with Crippen LogP contribution >= 0.6 is 0 Å². The van der Waals surface area contributed by atoms with Crippen LogP contribution in [0.25, 0.3) is 0 Å². The third-order valence-electron chi connectivity index (χ3n) is 3.11. The Kier molecular flexibility index (Phi) is 4.58. The van der Waals surface area contributed by atoms with Crippen molar-refractivity contribution in [3.63, 3.8) is 0 Å². The molecule has 0 saturated carbocycles. The highest BCUT2D eigenvalue weighted by molar-refractivity contribution is 5.38. The molecule has 1 aromatic carbocycles. The lowest BCUT2D eigenvalue weighted by Gasteiger charge is -2.15. The summed E-state index contributed by atoms with van der Waals surface area (Å²) in [6, 6.07) is 4.78. The zero-order chi connectivity index (χ0) is 12.3. The van der Waals surface area contributed by atoms with E-state index in [0.29, 0.717) is 0 Å². The molecule has 0 nitrogen and oxygen atoms in total. The van der Waals surface area contributed by atoms with Crippen LogP contribution in [0.4, 0.5) is 0 Å². The molecule has 0 bridgehead atoms. The molecule has 0 aromatic heterocycles. The topological polar surface area (TPSA) is 0 Å². The van der Waals surface area contributed by atoms with Crippen molar-refractivity contribution in [2.45, 2.75) is 54.4 Å². The SMILES string of the molecule is Cc1cc(CC(C)C)cc(CC(C)C)c1C. The normalized spacial score (nSPS) is 11.5. The third kappa shape index (κ3) is 3.66. The highest BCUT2D eigenvalue weighted by atomic mass is 14.1. The molecule has 0 amide bonds. The summed E-state index contributed by atoms with van der Waals surface area (Å²) in [7, 11) is 0. The second kappa shape index (κ2) is 5.52. The summed E-state index contributed by atoms with van der Waals surface area (Å²) in [6.07, 6.45) is 2.41. The maximum Gasteiger partial charge on any atom is -0.0253 e. The number of hydrogen-bond acceptors (Lipinski definition) is 0. The van der Waals surface area contributed by atoms with Crippen molar-refractivity contribution < 1.29 is 0 Å². The van der Waals surface area contributed by atoms with Crippen molar-refractivity contribution in [2.24, 2.45) is 11.8 Å². The van der Waals surface area contributed by atoms with Crippen molar-refractivity contribution >= 4 is 0 Å². The van der Waals surface area contributed by atoms with Crippen LogP contribution < -0.4 is 0 Å². The molecule has 90 valence electrons. The van der Waals surface area contributed by atoms with Crippen molar-refractivity contribution in [1.29, 1.82) is 0 Å². The largest absolute Gasteiger partial charge is 0.0625 e. The molecule has 0 unspecified atom stereocenters. The second-order valence-corrected chi connectivity index (χ2v) is 5.89. The van der Waals surface area contributed by atoms with E-state index >= 15 is 0 Å². The molecular weight excluding hydrogens is 192 g/mol. The lowest BCUT2D eigenvalue weighted by molar-refractivity contribution is 0.633. The number of rotatable bonds is 4. The molecule has 0 radical (unpaired) electrons. The van der Waals surface area contributed by atoms with E-state index in [1.807, 2.05) is 0 Å². The first-order valence-electron chi connectivity index (χ1n) is 6.49. The number of aryl methyl sites for hydroxylation is 1. The number of hydrogen-bond donors (Lipinski definition) is 0. The fraction of sp³-hybridized carbons (Fsp3) is 0.625. The summed E-state index contributed by atoms with van der Waals surface area (Å²) < 4.78 is 0. The molecule has 0 aliphatic rings. The fourth-order valence-corrected chi connectivity index (χ4v) is 2.25. The van der Waals surface area contributed by atoms with Gasteiger partial charge in [-0.2, -0.15) is 0 Å². The second-order valence-electron chi connectivity index (χ2n) is 5.89. The van der Waals surface area contributed by atoms with E-state index in [1.165, 1.54) is 29.5 Å². The Labute approximate surface area is 101 Å². The maximum absolute atomic E-state index is 2.42. The Bertz CT molecular complexity index is 345. The first kappa shape index (κ1) is 13.3. The van der Waals surface area contributed by atoms with Crippen LogP contribution in [0.5, 0.6) is 0 Å². The zero-order valence-corrected chi connectivity index (χ0v) is 11.7. The molecule has 16 heavy (non-hydrogen) atoms. The van der Waals surface area contributed by atoms with E-state index in [0.717, 1.165) is 11.8 Å². The lowest BCUT2D eigenvalue weighted by atomic mass is 9.91. The Morgan fingerprint density at radius 1 is 0.875 bits per heavy atom. The Balaban J connectivity index is 3.01. The van der Waals surface area contributed by atoms with Crippen molar-refractivity contribution in [3.8, 4) is 0 Å². The highest BCUT2D eigenvalue weighted by Gasteiger charge is 2.07. The first-order chi connectivity index (χ1) is 7.40. The summed E-state index contributed by atoms with van der Waals surface area (Å²) in [5.74, 6) is 1.49. The standard InChI is InChI=1S/C16H26/c1-11(2)7-15-9-13(5)14(6)16(10-15)8-12(3)4/h9-12H,7-8H2,1-6H3. The van der Waals surface area contributed by atoms with E-state index in [9.17, 15) is 0 Å². The average Bonchev–Trinajstić information content (AvgIpc) is 2.11. The van der Waals surface area contributed by atoms with Crippen LogP contribution in [0.3, 0.4) is 0 Å². The van der Waals surface area contributed by atoms with E-state index in [4.69, 9.17) is 0 Å². The van der Waals surface area contributed by atoms with Gasteiger partial charge in [-0.3, -0.25) is 0 Å². The summed E-state index contributed by atoms with van der Waals surface area (Å²) in [6.45, 7) is 13.7. The Morgan fingerprint density at radius 2 is 1.44 bits per heavy atom. The van der Waals surface area contributed by atoms with Gasteiger partial charge in [0.1, 0.15) is 0 Å². The van der Waals surface area contributed by atoms with Crippen LogP contribution in [-0.2, 0) is 12.8 Å². The number of benzene rings is 1. The summed E-state index contributed by atoms with van der Waals surface area (Å²) in [5, 5.41) is 0. The van der Waals surface area contributed by atoms with Gasteiger partial charge in [-0.25, -0.2) is 0 Å². The third-order valence-corrected chi connectivity index (χ3v) is 3.11. The van der Waals surface area contributed by atoms with Crippen LogP contribution in [0, 0.1) is 25.7 Å². The molecule has 0 saturated heterocycles. The predicted octanol–water partition coefficient (Wildman–Crippen LogP) is 4.70. The average molecular weight is 218 g/mol. The van der Waals surface area contributed by atoms with Crippen molar-refractivity contribution in [2.75, 3.05) is 0 Å². The van der Waals surface area contributed by atoms with Gasteiger partial charge in [0.25, 0.3) is 0 Å². The van der Waals surface area contributed by atoms with E-state index < -0.39 is 0 Å². The molecular formula is C16H26. The van der Waals surface area contributed by atoms with Gasteiger partial charge in [-0.05, 0) is 60.8 Å². The van der Waals surface area contributed by atoms with Gasteiger partial charge in [-0.15, -0.1) is 0 Å². The molecule has 0 aliphatic heterocycles. The van der Waals surface area contributed by atoms with Crippen molar-refractivity contribution in [1.82, 2.24) is 0 Å². The minimum atomic E-state index is 0.743. The van der Waals surface area contributed by atoms with E-state index in [1.54, 1.807) is 5.56 Å². The molecule has 0 spiro atoms. The molecule has 0 heterocycles. The monoisotopic (exact) mass is 218 g/mol. The van der Waals surface area contributed by atoms with Crippen LogP contribution in [0.15, 0.2) is 12.1 Å². The lowest BCUT2D eigenvalue weighted by Crippen LogP contribution is -2.02. The van der Waals surface area contributed by atoms with Gasteiger partial charge >= 0.3 is 0 Å². The zero-order valence-electron chi connectivity index (χ0n) is 11.7. The van der Waals surface area contributed by atoms with Gasteiger partial charge in [0, 0.05) is 0 Å². The molecule has 1 aromatic rings. The highest BCUT2D eigenvalue weighted by Crippen LogP contribution is 2.21. The van der Waals surface area contributed by atoms with E-state index in [-0.39, 0.29) is 0 Å². The Morgan fingerprint density at radius 3 is 1.94 bits per heavy atom. The maximum atomic E-state index is 2.42. The summed E-state index contributed by atoms with van der Waals surface area (Å²) in [4.78, 5) is 0. The van der Waals surface area contributed by atoms with E-state index in [2.05, 4.69) is 53.7 Å². The molecule has 0 heteroatoms. The van der Waals surface area contributed by atoms with Crippen LogP contribution in [0.1, 0.15) is 49.9 Å². The fourth-order valence-electron chi connectivity index (χ4n) is 2.25. The minimum absolute atomic E-state index is 0.743. The van der Waals surface area contributed by atoms with Crippen LogP contribution in [-0.4, -0.2) is 0 Å². The molecule has 0 atom stereocenters. The predicted molar refractivity (Wildman–Crippen MR) is 73.0 cm³/mol.